The zero-order valence-electron chi connectivity index (χ0n) is 13.8. The number of rotatable bonds is 2. The number of hydrogen-bond acceptors (Lipinski definition) is 5. The molecule has 124 valence electrons. The smallest absolute Gasteiger partial charge is 0.272 e. The van der Waals surface area contributed by atoms with Crippen LogP contribution in [0.3, 0.4) is 0 Å². The maximum Gasteiger partial charge on any atom is 0.272 e. The number of aryl methyl sites for hydroxylation is 2. The minimum Gasteiger partial charge on any atom is -0.339 e. The van der Waals surface area contributed by atoms with Crippen LogP contribution in [-0.4, -0.2) is 61.1 Å². The normalized spacial score (nSPS) is 15.2. The first-order valence-corrected chi connectivity index (χ1v) is 7.96. The van der Waals surface area contributed by atoms with Crippen LogP contribution in [0.15, 0.2) is 30.7 Å². The van der Waals surface area contributed by atoms with E-state index in [0.717, 1.165) is 24.7 Å². The van der Waals surface area contributed by atoms with Crippen molar-refractivity contribution in [2.24, 2.45) is 7.05 Å². The van der Waals surface area contributed by atoms with Gasteiger partial charge in [-0.15, -0.1) is 0 Å². The summed E-state index contributed by atoms with van der Waals surface area (Å²) in [5.41, 5.74) is 2.08. The van der Waals surface area contributed by atoms with E-state index in [9.17, 15) is 4.79 Å². The van der Waals surface area contributed by atoms with E-state index < -0.39 is 0 Å². The molecule has 24 heavy (non-hydrogen) atoms. The molecule has 3 aromatic heterocycles. The molecule has 3 aromatic rings. The van der Waals surface area contributed by atoms with Gasteiger partial charge in [0.1, 0.15) is 5.69 Å². The minimum atomic E-state index is -0.00584. The number of nitrogens with zero attached hydrogens (tertiary/aromatic N) is 7. The summed E-state index contributed by atoms with van der Waals surface area (Å²) in [5, 5.41) is 4.23. The predicted octanol–water partition coefficient (Wildman–Crippen LogP) is 0.734. The summed E-state index contributed by atoms with van der Waals surface area (Å²) in [6.45, 7) is 4.75. The number of fused-ring (bicyclic) bond motifs is 1. The fourth-order valence-corrected chi connectivity index (χ4v) is 3.12. The first kappa shape index (κ1) is 14.7. The lowest BCUT2D eigenvalue weighted by Crippen LogP contribution is -2.49. The van der Waals surface area contributed by atoms with Crippen molar-refractivity contribution in [2.45, 2.75) is 6.92 Å². The van der Waals surface area contributed by atoms with Gasteiger partial charge in [0.25, 0.3) is 5.91 Å². The summed E-state index contributed by atoms with van der Waals surface area (Å²) in [7, 11) is 1.98. The molecule has 0 aliphatic carbocycles. The summed E-state index contributed by atoms with van der Waals surface area (Å²) in [6, 6.07) is 3.61. The number of imidazole rings is 1. The lowest BCUT2D eigenvalue weighted by molar-refractivity contribution is 0.0737. The Morgan fingerprint density at radius 2 is 1.96 bits per heavy atom. The molecule has 0 radical (unpaired) electrons. The second kappa shape index (κ2) is 5.63. The number of carbonyl (C=O) groups excluding carboxylic acids is 1. The first-order valence-electron chi connectivity index (χ1n) is 7.96. The molecular formula is C16H19N7O. The Bertz CT molecular complexity index is 889. The number of anilines is 1. The zero-order chi connectivity index (χ0) is 16.7. The third-order valence-electron chi connectivity index (χ3n) is 4.35. The van der Waals surface area contributed by atoms with E-state index in [1.165, 1.54) is 0 Å². The van der Waals surface area contributed by atoms with Crippen LogP contribution in [0.5, 0.6) is 0 Å². The van der Waals surface area contributed by atoms with Gasteiger partial charge in [-0.2, -0.15) is 5.10 Å². The van der Waals surface area contributed by atoms with E-state index in [0.29, 0.717) is 24.4 Å². The Hall–Kier alpha value is -2.90. The van der Waals surface area contributed by atoms with Crippen molar-refractivity contribution in [3.05, 3.63) is 42.1 Å². The Kier molecular flexibility index (Phi) is 3.44. The van der Waals surface area contributed by atoms with Crippen LogP contribution in [0.1, 0.15) is 16.2 Å². The molecule has 8 nitrogen and oxygen atoms in total. The van der Waals surface area contributed by atoms with E-state index in [1.807, 2.05) is 35.7 Å². The van der Waals surface area contributed by atoms with E-state index in [2.05, 4.69) is 20.0 Å². The molecule has 0 unspecified atom stereocenters. The highest BCUT2D eigenvalue weighted by atomic mass is 16.2. The Balaban J connectivity index is 1.54. The summed E-state index contributed by atoms with van der Waals surface area (Å²) in [4.78, 5) is 25.8. The van der Waals surface area contributed by atoms with Crippen molar-refractivity contribution in [1.29, 1.82) is 0 Å². The van der Waals surface area contributed by atoms with Crippen molar-refractivity contribution >= 4 is 17.5 Å². The van der Waals surface area contributed by atoms with Crippen LogP contribution >= 0.6 is 0 Å². The maximum absolute atomic E-state index is 12.9. The molecule has 0 bridgehead atoms. The fraction of sp³-hybridized carbons (Fsp3) is 0.375. The van der Waals surface area contributed by atoms with Gasteiger partial charge in [0.2, 0.25) is 5.95 Å². The summed E-state index contributed by atoms with van der Waals surface area (Å²) >= 11 is 0. The van der Waals surface area contributed by atoms with Gasteiger partial charge in [-0.05, 0) is 13.0 Å². The molecule has 4 rings (SSSR count). The summed E-state index contributed by atoms with van der Waals surface area (Å²) in [6.07, 6.45) is 5.39. The summed E-state index contributed by atoms with van der Waals surface area (Å²) < 4.78 is 3.61. The van der Waals surface area contributed by atoms with Crippen molar-refractivity contribution in [1.82, 2.24) is 29.0 Å². The monoisotopic (exact) mass is 325 g/mol. The Morgan fingerprint density at radius 1 is 1.17 bits per heavy atom. The number of aromatic nitrogens is 5. The highest BCUT2D eigenvalue weighted by Crippen LogP contribution is 2.15. The molecule has 0 aromatic carbocycles. The largest absolute Gasteiger partial charge is 0.339 e. The average Bonchev–Trinajstić information content (AvgIpc) is 3.22. The molecule has 4 heterocycles. The van der Waals surface area contributed by atoms with Crippen LogP contribution in [0, 0.1) is 6.92 Å². The lowest BCUT2D eigenvalue weighted by atomic mass is 10.2. The van der Waals surface area contributed by atoms with Gasteiger partial charge >= 0.3 is 0 Å². The molecule has 0 N–H and O–H groups in total. The Labute approximate surface area is 139 Å². The predicted molar refractivity (Wildman–Crippen MR) is 89.0 cm³/mol. The number of amides is 1. The number of carbonyl (C=O) groups is 1. The van der Waals surface area contributed by atoms with Gasteiger partial charge < -0.3 is 14.4 Å². The molecule has 1 saturated heterocycles. The molecule has 0 spiro atoms. The number of hydrogen-bond donors (Lipinski definition) is 0. The van der Waals surface area contributed by atoms with Gasteiger partial charge in [-0.25, -0.2) is 14.5 Å². The SMILES string of the molecule is Cc1cc(C(=O)N2CCN(c3nccn3C)CC2)n2nccc2n1. The van der Waals surface area contributed by atoms with Gasteiger partial charge in [0.05, 0.1) is 6.20 Å². The maximum atomic E-state index is 12.9. The summed E-state index contributed by atoms with van der Waals surface area (Å²) in [5.74, 6) is 0.935. The van der Waals surface area contributed by atoms with Crippen molar-refractivity contribution in [3.63, 3.8) is 0 Å². The van der Waals surface area contributed by atoms with E-state index >= 15 is 0 Å². The van der Waals surface area contributed by atoms with E-state index in [1.54, 1.807) is 23.0 Å². The van der Waals surface area contributed by atoms with Crippen molar-refractivity contribution in [3.8, 4) is 0 Å². The van der Waals surface area contributed by atoms with E-state index in [-0.39, 0.29) is 5.91 Å². The molecule has 1 aliphatic rings. The quantitative estimate of drug-likeness (QED) is 0.695. The third-order valence-corrected chi connectivity index (χ3v) is 4.35. The number of piperazine rings is 1. The van der Waals surface area contributed by atoms with Gasteiger partial charge in [-0.3, -0.25) is 4.79 Å². The van der Waals surface area contributed by atoms with Crippen molar-refractivity contribution in [2.75, 3.05) is 31.1 Å². The van der Waals surface area contributed by atoms with E-state index in [4.69, 9.17) is 0 Å². The molecule has 1 amide bonds. The van der Waals surface area contributed by atoms with Gasteiger partial charge in [-0.1, -0.05) is 0 Å². The molecule has 0 atom stereocenters. The Morgan fingerprint density at radius 3 is 2.67 bits per heavy atom. The van der Waals surface area contributed by atoms with Gasteiger partial charge in [0, 0.05) is 57.4 Å². The van der Waals surface area contributed by atoms with Crippen LogP contribution in [0.2, 0.25) is 0 Å². The molecular weight excluding hydrogens is 306 g/mol. The molecule has 1 aliphatic heterocycles. The molecule has 8 heteroatoms. The third kappa shape index (κ3) is 2.40. The minimum absolute atomic E-state index is 0.00584. The standard InChI is InChI=1S/C16H19N7O/c1-12-11-13(23-14(19-12)3-4-18-23)15(24)21-7-9-22(10-8-21)16-17-5-6-20(16)2/h3-6,11H,7-10H2,1-2H3. The zero-order valence-corrected chi connectivity index (χ0v) is 13.8. The van der Waals surface area contributed by atoms with Crippen LogP contribution in [-0.2, 0) is 7.05 Å². The lowest BCUT2D eigenvalue weighted by Gasteiger charge is -2.35. The van der Waals surface area contributed by atoms with Crippen LogP contribution < -0.4 is 4.90 Å². The van der Waals surface area contributed by atoms with Crippen LogP contribution in [0.25, 0.3) is 5.65 Å². The van der Waals surface area contributed by atoms with Crippen LogP contribution in [0.4, 0.5) is 5.95 Å². The second-order valence-corrected chi connectivity index (χ2v) is 6.00. The van der Waals surface area contributed by atoms with Gasteiger partial charge in [0.15, 0.2) is 5.65 Å². The highest BCUT2D eigenvalue weighted by molar-refractivity contribution is 5.93. The molecule has 1 fully saturated rings. The molecule has 0 saturated carbocycles. The second-order valence-electron chi connectivity index (χ2n) is 6.00. The van der Waals surface area contributed by atoms with Crippen molar-refractivity contribution < 1.29 is 4.79 Å². The topological polar surface area (TPSA) is 71.6 Å². The fourth-order valence-electron chi connectivity index (χ4n) is 3.12. The average molecular weight is 325 g/mol. The highest BCUT2D eigenvalue weighted by Gasteiger charge is 2.25. The first-order chi connectivity index (χ1) is 11.6.